The first-order chi connectivity index (χ1) is 16.6. The number of nitrogens with one attached hydrogen (secondary N) is 1. The van der Waals surface area contributed by atoms with Gasteiger partial charge >= 0.3 is 0 Å². The number of para-hydroxylation sites is 1. The molecule has 3 rings (SSSR count). The molecule has 0 saturated heterocycles. The van der Waals surface area contributed by atoms with Crippen LogP contribution in [0.15, 0.2) is 72.8 Å². The minimum absolute atomic E-state index is 0.266. The molecule has 0 fully saturated rings. The molecule has 7 nitrogen and oxygen atoms in total. The van der Waals surface area contributed by atoms with Crippen LogP contribution in [0.3, 0.4) is 0 Å². The van der Waals surface area contributed by atoms with Crippen molar-refractivity contribution in [2.75, 3.05) is 17.7 Å². The summed E-state index contributed by atoms with van der Waals surface area (Å²) < 4.78 is 37.6. The molecule has 0 aromatic heterocycles. The number of ether oxygens (including phenoxy) is 2. The van der Waals surface area contributed by atoms with Gasteiger partial charge in [0.2, 0.25) is 15.9 Å². The van der Waals surface area contributed by atoms with E-state index in [0.29, 0.717) is 23.6 Å². The van der Waals surface area contributed by atoms with Crippen LogP contribution < -0.4 is 19.1 Å². The van der Waals surface area contributed by atoms with Gasteiger partial charge in [-0.25, -0.2) is 8.42 Å². The fourth-order valence-corrected chi connectivity index (χ4v) is 5.10. The second kappa shape index (κ2) is 11.3. The smallest absolute Gasteiger partial charge is 0.244 e. The Bertz CT molecular complexity index is 1240. The molecule has 0 spiro atoms. The number of nitrogens with zero attached hydrogens (tertiary/aromatic N) is 1. The van der Waals surface area contributed by atoms with Crippen molar-refractivity contribution in [3.05, 3.63) is 83.9 Å². The first-order valence-electron chi connectivity index (χ1n) is 11.4. The lowest BCUT2D eigenvalue weighted by molar-refractivity contribution is -0.122. The summed E-state index contributed by atoms with van der Waals surface area (Å²) in [5, 5.41) is 3.00. The number of hydrogen-bond donors (Lipinski definition) is 1. The van der Waals surface area contributed by atoms with Gasteiger partial charge in [-0.1, -0.05) is 37.3 Å². The summed E-state index contributed by atoms with van der Waals surface area (Å²) in [6, 6.07) is 20.4. The maximum absolute atomic E-state index is 13.2. The van der Waals surface area contributed by atoms with Crippen LogP contribution in [-0.2, 0) is 14.8 Å². The number of methoxy groups -OCH3 is 1. The van der Waals surface area contributed by atoms with E-state index in [1.807, 2.05) is 62.4 Å². The fraction of sp³-hybridized carbons (Fsp3) is 0.296. The van der Waals surface area contributed by atoms with Crippen LogP contribution in [0.25, 0.3) is 0 Å². The zero-order chi connectivity index (χ0) is 25.6. The second-order valence-electron chi connectivity index (χ2n) is 8.34. The lowest BCUT2D eigenvalue weighted by Gasteiger charge is -2.30. The summed E-state index contributed by atoms with van der Waals surface area (Å²) in [6.07, 6.45) is 1.74. The van der Waals surface area contributed by atoms with E-state index >= 15 is 0 Å². The normalized spacial score (nSPS) is 12.9. The number of rotatable bonds is 10. The SMILES string of the molecule is CCC(NC(=O)C(C)N(c1ccc(Oc2ccccc2)cc1)S(C)(=O)=O)c1ccc(OC)c(C)c1. The minimum Gasteiger partial charge on any atom is -0.496 e. The van der Waals surface area contributed by atoms with Gasteiger partial charge in [-0.05, 0) is 73.9 Å². The van der Waals surface area contributed by atoms with E-state index in [9.17, 15) is 13.2 Å². The third kappa shape index (κ3) is 6.54. The minimum atomic E-state index is -3.74. The summed E-state index contributed by atoms with van der Waals surface area (Å²) in [4.78, 5) is 13.2. The van der Waals surface area contributed by atoms with E-state index < -0.39 is 16.1 Å². The Morgan fingerprint density at radius 3 is 2.17 bits per heavy atom. The van der Waals surface area contributed by atoms with Crippen molar-refractivity contribution in [1.82, 2.24) is 5.32 Å². The number of hydrogen-bond acceptors (Lipinski definition) is 5. The Morgan fingerprint density at radius 2 is 1.63 bits per heavy atom. The Kier molecular flexibility index (Phi) is 8.40. The Labute approximate surface area is 207 Å². The molecule has 0 aliphatic heterocycles. The Morgan fingerprint density at radius 1 is 1.00 bits per heavy atom. The summed E-state index contributed by atoms with van der Waals surface area (Å²) in [5.41, 5.74) is 2.27. The topological polar surface area (TPSA) is 84.9 Å². The van der Waals surface area contributed by atoms with Gasteiger partial charge in [-0.3, -0.25) is 9.10 Å². The van der Waals surface area contributed by atoms with Crippen LogP contribution in [0.2, 0.25) is 0 Å². The molecule has 0 aliphatic carbocycles. The van der Waals surface area contributed by atoms with Gasteiger partial charge < -0.3 is 14.8 Å². The van der Waals surface area contributed by atoms with E-state index in [1.54, 1.807) is 38.3 Å². The number of benzene rings is 3. The lowest BCUT2D eigenvalue weighted by Crippen LogP contribution is -2.48. The van der Waals surface area contributed by atoms with Gasteiger partial charge in [0.25, 0.3) is 0 Å². The predicted octanol–water partition coefficient (Wildman–Crippen LogP) is 5.22. The monoisotopic (exact) mass is 496 g/mol. The highest BCUT2D eigenvalue weighted by molar-refractivity contribution is 7.92. The van der Waals surface area contributed by atoms with Crippen molar-refractivity contribution >= 4 is 21.6 Å². The molecule has 1 amide bonds. The number of amides is 1. The fourth-order valence-electron chi connectivity index (χ4n) is 3.93. The first kappa shape index (κ1) is 26.1. The molecular weight excluding hydrogens is 464 g/mol. The van der Waals surface area contributed by atoms with Crippen LogP contribution in [0, 0.1) is 6.92 Å². The molecular formula is C27H32N2O5S. The van der Waals surface area contributed by atoms with E-state index in [1.165, 1.54) is 0 Å². The van der Waals surface area contributed by atoms with E-state index in [0.717, 1.165) is 27.4 Å². The maximum Gasteiger partial charge on any atom is 0.244 e. The van der Waals surface area contributed by atoms with E-state index in [4.69, 9.17) is 9.47 Å². The number of carbonyl (C=O) groups is 1. The third-order valence-electron chi connectivity index (χ3n) is 5.70. The number of anilines is 1. The van der Waals surface area contributed by atoms with Crippen LogP contribution in [-0.4, -0.2) is 33.7 Å². The zero-order valence-electron chi connectivity index (χ0n) is 20.7. The largest absolute Gasteiger partial charge is 0.496 e. The van der Waals surface area contributed by atoms with Gasteiger partial charge in [-0.2, -0.15) is 0 Å². The Balaban J connectivity index is 1.79. The zero-order valence-corrected chi connectivity index (χ0v) is 21.5. The number of aryl methyl sites for hydroxylation is 1. The van der Waals surface area contributed by atoms with Gasteiger partial charge in [0.1, 0.15) is 23.3 Å². The summed E-state index contributed by atoms with van der Waals surface area (Å²) in [5.74, 6) is 1.62. The van der Waals surface area contributed by atoms with Crippen molar-refractivity contribution in [1.29, 1.82) is 0 Å². The van der Waals surface area contributed by atoms with Crippen LogP contribution in [0.1, 0.15) is 37.4 Å². The van der Waals surface area contributed by atoms with Gasteiger partial charge in [-0.15, -0.1) is 0 Å². The van der Waals surface area contributed by atoms with Crippen LogP contribution >= 0.6 is 0 Å². The quantitative estimate of drug-likeness (QED) is 0.416. The molecule has 0 saturated carbocycles. The summed E-state index contributed by atoms with van der Waals surface area (Å²) in [7, 11) is -2.13. The molecule has 1 N–H and O–H groups in total. The van der Waals surface area contributed by atoms with Gasteiger partial charge in [0.05, 0.1) is 25.1 Å². The molecule has 8 heteroatoms. The average molecular weight is 497 g/mol. The maximum atomic E-state index is 13.2. The van der Waals surface area contributed by atoms with Gasteiger partial charge in [0, 0.05) is 0 Å². The highest BCUT2D eigenvalue weighted by Crippen LogP contribution is 2.28. The molecule has 2 atom stereocenters. The van der Waals surface area contributed by atoms with Crippen molar-refractivity contribution in [3.63, 3.8) is 0 Å². The van der Waals surface area contributed by atoms with Crippen molar-refractivity contribution in [2.24, 2.45) is 0 Å². The van der Waals surface area contributed by atoms with E-state index in [2.05, 4.69) is 5.32 Å². The molecule has 0 heterocycles. The highest BCUT2D eigenvalue weighted by Gasteiger charge is 2.30. The van der Waals surface area contributed by atoms with Crippen LogP contribution in [0.5, 0.6) is 17.2 Å². The molecule has 0 bridgehead atoms. The second-order valence-corrected chi connectivity index (χ2v) is 10.2. The van der Waals surface area contributed by atoms with Crippen molar-refractivity contribution < 1.29 is 22.7 Å². The Hall–Kier alpha value is -3.52. The molecule has 35 heavy (non-hydrogen) atoms. The number of sulfonamides is 1. The lowest BCUT2D eigenvalue weighted by atomic mass is 10.0. The third-order valence-corrected chi connectivity index (χ3v) is 6.95. The first-order valence-corrected chi connectivity index (χ1v) is 13.3. The van der Waals surface area contributed by atoms with Crippen molar-refractivity contribution in [2.45, 2.75) is 39.3 Å². The molecule has 186 valence electrons. The molecule has 0 radical (unpaired) electrons. The molecule has 3 aromatic carbocycles. The predicted molar refractivity (Wildman–Crippen MR) is 139 cm³/mol. The summed E-state index contributed by atoms with van der Waals surface area (Å²) in [6.45, 7) is 5.49. The van der Waals surface area contributed by atoms with Gasteiger partial charge in [0.15, 0.2) is 0 Å². The van der Waals surface area contributed by atoms with Crippen LogP contribution in [0.4, 0.5) is 5.69 Å². The standard InChI is InChI=1S/C27H32N2O5S/c1-6-25(21-12-17-26(33-4)19(2)18-21)28-27(30)20(3)29(35(5,31)32)22-13-15-24(16-14-22)34-23-10-8-7-9-11-23/h7-18,20,25H,6H2,1-5H3,(H,28,30). The highest BCUT2D eigenvalue weighted by atomic mass is 32.2. The average Bonchev–Trinajstić information content (AvgIpc) is 2.83. The molecule has 3 aromatic rings. The van der Waals surface area contributed by atoms with Crippen molar-refractivity contribution in [3.8, 4) is 17.2 Å². The summed E-state index contributed by atoms with van der Waals surface area (Å²) >= 11 is 0. The molecule has 0 aliphatic rings. The number of carbonyl (C=O) groups excluding carboxylic acids is 1. The van der Waals surface area contributed by atoms with E-state index in [-0.39, 0.29) is 11.9 Å². The molecule has 2 unspecified atom stereocenters.